The second kappa shape index (κ2) is 24.2. The molecule has 0 aliphatic heterocycles. The van der Waals surface area contributed by atoms with Gasteiger partial charge in [0, 0.05) is 6.92 Å². The molecule has 2 aromatic rings. The molecular weight excluding hydrogens is 1440 g/mol. The highest BCUT2D eigenvalue weighted by atomic mass is 19.4. The van der Waals surface area contributed by atoms with Gasteiger partial charge in [0.2, 0.25) is 0 Å². The third-order valence-electron chi connectivity index (χ3n) is 11.9. The van der Waals surface area contributed by atoms with Crippen molar-refractivity contribution >= 4 is 0 Å². The van der Waals surface area contributed by atoms with Crippen LogP contribution in [-0.4, -0.2) is 157 Å². The van der Waals surface area contributed by atoms with Crippen molar-refractivity contribution < 1.29 is 217 Å². The highest BCUT2D eigenvalue weighted by molar-refractivity contribution is 5.33. The lowest BCUT2D eigenvalue weighted by Crippen LogP contribution is -2.70. The minimum atomic E-state index is -8.90. The zero-order valence-corrected chi connectivity index (χ0v) is 42.7. The van der Waals surface area contributed by atoms with Crippen molar-refractivity contribution in [2.24, 2.45) is 0 Å². The maximum Gasteiger partial charge on any atom is 0.460 e. The van der Waals surface area contributed by atoms with Gasteiger partial charge in [-0.25, -0.2) is 0 Å². The molecule has 0 atom stereocenters. The fourth-order valence-corrected chi connectivity index (χ4v) is 6.09. The first-order valence-electron chi connectivity index (χ1n) is 22.4. The highest BCUT2D eigenvalue weighted by Gasteiger charge is 2.93. The number of hydrogen-bond donors (Lipinski definition) is 0. The molecular formula is C43H25F45O4. The van der Waals surface area contributed by atoms with E-state index >= 15 is 0 Å². The Kier molecular flexibility index (Phi) is 21.6. The van der Waals surface area contributed by atoms with Gasteiger partial charge >= 0.3 is 131 Å². The summed E-state index contributed by atoms with van der Waals surface area (Å²) in [6.07, 6.45) is -20.5. The number of allylic oxidation sites excluding steroid dienone is 2. The Balaban J connectivity index is 2.18. The van der Waals surface area contributed by atoms with Crippen molar-refractivity contribution in [1.82, 2.24) is 0 Å². The Hall–Kier alpha value is -5.77. The van der Waals surface area contributed by atoms with Crippen molar-refractivity contribution in [3.63, 3.8) is 0 Å². The Labute approximate surface area is 477 Å². The van der Waals surface area contributed by atoms with Crippen LogP contribution in [0.3, 0.4) is 0 Å². The highest BCUT2D eigenvalue weighted by Crippen LogP contribution is 2.65. The zero-order chi connectivity index (χ0) is 73.5. The van der Waals surface area contributed by atoms with E-state index in [4.69, 9.17) is 0 Å². The lowest BCUT2D eigenvalue weighted by atomic mass is 9.89. The smallest absolute Gasteiger partial charge is 0.460 e. The fraction of sp³-hybridized carbons (Fsp3) is 0.674. The molecule has 0 aromatic heterocycles. The largest absolute Gasteiger partial charge is 0.493 e. The van der Waals surface area contributed by atoms with Crippen molar-refractivity contribution in [3.8, 4) is 23.0 Å². The number of ether oxygens (including phenoxy) is 4. The van der Waals surface area contributed by atoms with Crippen LogP contribution >= 0.6 is 0 Å². The predicted octanol–water partition coefficient (Wildman–Crippen LogP) is 19.2. The summed E-state index contributed by atoms with van der Waals surface area (Å²) in [6, 6.07) is 1.22. The topological polar surface area (TPSA) is 36.9 Å². The van der Waals surface area contributed by atoms with Crippen LogP contribution in [0.5, 0.6) is 23.0 Å². The maximum atomic E-state index is 14.5. The first-order valence-corrected chi connectivity index (χ1v) is 22.4. The van der Waals surface area contributed by atoms with Gasteiger partial charge < -0.3 is 18.9 Å². The summed E-state index contributed by atoms with van der Waals surface area (Å²) in [5.41, 5.74) is 0. The number of hydrogen-bond acceptors (Lipinski definition) is 4. The van der Waals surface area contributed by atoms with Crippen molar-refractivity contribution in [3.05, 3.63) is 60.7 Å². The number of rotatable bonds is 33. The molecule has 0 fully saturated rings. The second-order valence-electron chi connectivity index (χ2n) is 18.5. The first kappa shape index (κ1) is 82.3. The van der Waals surface area contributed by atoms with Crippen LogP contribution in [0.2, 0.25) is 0 Å². The van der Waals surface area contributed by atoms with Crippen LogP contribution in [-0.2, 0) is 0 Å². The van der Waals surface area contributed by atoms with Crippen LogP contribution in [0.15, 0.2) is 60.7 Å². The molecule has 0 unspecified atom stereocenters. The van der Waals surface area contributed by atoms with Crippen LogP contribution in [0.4, 0.5) is 198 Å². The van der Waals surface area contributed by atoms with Gasteiger partial charge in [0.25, 0.3) is 0 Å². The SMILES string of the molecule is CC(F)(F)C(F)(F)C(F)(F)C(F)(F)C(F)(F)C(F)(F)CCOc1ccc(OCC(F)(F)C(F)(F)C(F)(F)C(F)(F)COc2ccc(OCCC(F)(F)C(F)(F)C(F)(F)C(F)(F)C(F)(F)C(F)(F)/C=C/C(F)(F)C(F)(F)C(F)(F)C(F)(F)C(F)(F)C(F)(F)F)cc2)cc1. The quantitative estimate of drug-likeness (QED) is 0.0527. The molecule has 0 aliphatic carbocycles. The molecule has 49 heteroatoms. The minimum Gasteiger partial charge on any atom is -0.493 e. The summed E-state index contributed by atoms with van der Waals surface area (Å²) in [6.45, 7) is -11.8. The molecule has 0 saturated heterocycles. The standard InChI is InChI=1S/C43H25F45O4/c1-22(44,45)29(58,59)36(72,73)37(74,75)32(64,65)25(50,51)12-14-89-18-2-6-20(7-3-18)91-16-27(54,55)34(68,69)35(70,71)28(56,57)17-92-21-8-4-19(5-9-21)90-15-13-26(52,53)33(66,67)39(78,79)38(76,77)30(60,61)23(46,47)10-11-24(48,49)31(62,63)40(80,81)41(82,83)42(84,85)43(86,87)88/h2-11H,12-17H2,1H3/b11-10+. The zero-order valence-electron chi connectivity index (χ0n) is 42.7. The van der Waals surface area contributed by atoms with Crippen molar-refractivity contribution in [2.75, 3.05) is 26.4 Å². The van der Waals surface area contributed by atoms with E-state index < -0.39 is 212 Å². The molecule has 2 aromatic carbocycles. The normalized spacial score (nSPS) is 15.9. The van der Waals surface area contributed by atoms with Gasteiger partial charge in [-0.15, -0.1) is 0 Å². The van der Waals surface area contributed by atoms with Gasteiger partial charge in [-0.1, -0.05) is 0 Å². The molecule has 0 aliphatic rings. The Morgan fingerprint density at radius 1 is 0.239 bits per heavy atom. The van der Waals surface area contributed by atoms with E-state index in [-0.39, 0.29) is 48.5 Å². The molecule has 0 bridgehead atoms. The van der Waals surface area contributed by atoms with E-state index in [0.29, 0.717) is 0 Å². The Morgan fingerprint density at radius 2 is 0.435 bits per heavy atom. The Bertz CT molecular complexity index is 2830. The summed E-state index contributed by atoms with van der Waals surface area (Å²) in [7, 11) is 0. The molecule has 92 heavy (non-hydrogen) atoms. The van der Waals surface area contributed by atoms with Gasteiger partial charge in [-0.2, -0.15) is 198 Å². The van der Waals surface area contributed by atoms with Crippen molar-refractivity contribution in [1.29, 1.82) is 0 Å². The van der Waals surface area contributed by atoms with Gasteiger partial charge in [0.05, 0.1) is 26.1 Å². The summed E-state index contributed by atoms with van der Waals surface area (Å²) in [5.74, 6) is -169. The first-order chi connectivity index (χ1) is 40.0. The summed E-state index contributed by atoms with van der Waals surface area (Å²) < 4.78 is 639. The second-order valence-corrected chi connectivity index (χ2v) is 18.5. The minimum absolute atomic E-state index is 0.0656. The van der Waals surface area contributed by atoms with Crippen molar-refractivity contribution in [2.45, 2.75) is 150 Å². The molecule has 2 rings (SSSR count). The monoisotopic (exact) mass is 1460 g/mol. The summed E-state index contributed by atoms with van der Waals surface area (Å²) >= 11 is 0. The average Bonchev–Trinajstić information content (AvgIpc) is 0.726. The number of benzene rings is 2. The van der Waals surface area contributed by atoms with E-state index in [2.05, 4.69) is 18.9 Å². The van der Waals surface area contributed by atoms with E-state index in [0.717, 1.165) is 0 Å². The third kappa shape index (κ3) is 13.3. The molecule has 0 spiro atoms. The van der Waals surface area contributed by atoms with Gasteiger partial charge in [-0.3, -0.25) is 0 Å². The molecule has 0 heterocycles. The fourth-order valence-electron chi connectivity index (χ4n) is 6.09. The third-order valence-corrected chi connectivity index (χ3v) is 11.9. The maximum absolute atomic E-state index is 14.5. The average molecular weight is 1460 g/mol. The van der Waals surface area contributed by atoms with Crippen LogP contribution in [0.25, 0.3) is 0 Å². The molecule has 0 radical (unpaired) electrons. The van der Waals surface area contributed by atoms with Crippen LogP contribution < -0.4 is 18.9 Å². The van der Waals surface area contributed by atoms with E-state index in [1.807, 2.05) is 0 Å². The van der Waals surface area contributed by atoms with Gasteiger partial charge in [0.15, 0.2) is 13.2 Å². The van der Waals surface area contributed by atoms with Gasteiger partial charge in [0.1, 0.15) is 23.0 Å². The summed E-state index contributed by atoms with van der Waals surface area (Å²) in [5, 5.41) is 0. The van der Waals surface area contributed by atoms with Crippen LogP contribution in [0.1, 0.15) is 19.8 Å². The van der Waals surface area contributed by atoms with Crippen LogP contribution in [0, 0.1) is 0 Å². The Morgan fingerprint density at radius 3 is 0.663 bits per heavy atom. The molecule has 0 saturated carbocycles. The lowest BCUT2D eigenvalue weighted by Gasteiger charge is -2.41. The predicted molar refractivity (Wildman–Crippen MR) is 209 cm³/mol. The van der Waals surface area contributed by atoms with Gasteiger partial charge in [-0.05, 0) is 60.7 Å². The lowest BCUT2D eigenvalue weighted by molar-refractivity contribution is -0.436. The number of alkyl halides is 45. The van der Waals surface area contributed by atoms with E-state index in [1.54, 1.807) is 0 Å². The number of halogens is 45. The molecule has 536 valence electrons. The van der Waals surface area contributed by atoms with E-state index in [1.165, 1.54) is 0 Å². The molecule has 0 amide bonds. The molecule has 4 nitrogen and oxygen atoms in total. The molecule has 0 N–H and O–H groups in total. The van der Waals surface area contributed by atoms with E-state index in [9.17, 15) is 198 Å². The summed E-state index contributed by atoms with van der Waals surface area (Å²) in [4.78, 5) is 0.